The third-order valence-electron chi connectivity index (χ3n) is 3.67. The summed E-state index contributed by atoms with van der Waals surface area (Å²) in [6.07, 6.45) is 1.99. The van der Waals surface area contributed by atoms with Gasteiger partial charge < -0.3 is 14.8 Å². The van der Waals surface area contributed by atoms with Gasteiger partial charge in [0.1, 0.15) is 5.82 Å². The van der Waals surface area contributed by atoms with E-state index in [2.05, 4.69) is 19.2 Å². The summed E-state index contributed by atoms with van der Waals surface area (Å²) in [7, 11) is 4.93. The van der Waals surface area contributed by atoms with Crippen LogP contribution >= 0.6 is 0 Å². The summed E-state index contributed by atoms with van der Waals surface area (Å²) < 4.78 is 24.6. The minimum absolute atomic E-state index is 0.0187. The average Bonchev–Trinajstić information content (AvgIpc) is 2.44. The molecule has 1 N–H and O–H groups in total. The molecule has 0 bridgehead atoms. The van der Waals surface area contributed by atoms with Crippen molar-refractivity contribution in [1.82, 2.24) is 5.32 Å². The lowest BCUT2D eigenvalue weighted by Crippen LogP contribution is -2.25. The molecular formula is C15H24FNO2. The van der Waals surface area contributed by atoms with E-state index in [0.29, 0.717) is 23.0 Å². The van der Waals surface area contributed by atoms with Gasteiger partial charge in [-0.1, -0.05) is 26.7 Å². The molecule has 4 heteroatoms. The lowest BCUT2D eigenvalue weighted by molar-refractivity contribution is 0.334. The summed E-state index contributed by atoms with van der Waals surface area (Å²) in [5, 5.41) is 3.21. The molecule has 1 rings (SSSR count). The van der Waals surface area contributed by atoms with Crippen LogP contribution in [0.5, 0.6) is 11.5 Å². The van der Waals surface area contributed by atoms with Crippen LogP contribution in [-0.2, 0) is 0 Å². The zero-order chi connectivity index (χ0) is 14.4. The van der Waals surface area contributed by atoms with Crippen LogP contribution in [0.15, 0.2) is 12.1 Å². The third-order valence-corrected chi connectivity index (χ3v) is 3.67. The highest BCUT2D eigenvalue weighted by molar-refractivity contribution is 5.44. The molecular weight excluding hydrogens is 245 g/mol. The van der Waals surface area contributed by atoms with Crippen molar-refractivity contribution in [3.63, 3.8) is 0 Å². The molecule has 0 fully saturated rings. The number of methoxy groups -OCH3 is 2. The van der Waals surface area contributed by atoms with Crippen molar-refractivity contribution in [3.8, 4) is 11.5 Å². The van der Waals surface area contributed by atoms with Crippen LogP contribution in [0.2, 0.25) is 0 Å². The molecule has 0 heterocycles. The van der Waals surface area contributed by atoms with Crippen LogP contribution in [0.3, 0.4) is 0 Å². The topological polar surface area (TPSA) is 30.5 Å². The van der Waals surface area contributed by atoms with Crippen molar-refractivity contribution in [2.75, 3.05) is 21.3 Å². The van der Waals surface area contributed by atoms with Gasteiger partial charge in [0.15, 0.2) is 11.5 Å². The molecule has 0 aliphatic carbocycles. The van der Waals surface area contributed by atoms with Crippen molar-refractivity contribution in [3.05, 3.63) is 23.5 Å². The maximum atomic E-state index is 14.2. The number of hydrogen-bond donors (Lipinski definition) is 1. The van der Waals surface area contributed by atoms with Crippen LogP contribution in [-0.4, -0.2) is 21.3 Å². The highest BCUT2D eigenvalue weighted by Crippen LogP contribution is 2.36. The molecule has 108 valence electrons. The van der Waals surface area contributed by atoms with Crippen molar-refractivity contribution in [2.24, 2.45) is 5.92 Å². The molecule has 0 spiro atoms. The fourth-order valence-corrected chi connectivity index (χ4v) is 2.51. The molecule has 1 atom stereocenters. The molecule has 0 saturated carbocycles. The minimum atomic E-state index is -0.260. The molecule has 0 amide bonds. The molecule has 0 radical (unpaired) electrons. The smallest absolute Gasteiger partial charge is 0.163 e. The Labute approximate surface area is 115 Å². The average molecular weight is 269 g/mol. The predicted molar refractivity (Wildman–Crippen MR) is 75.4 cm³/mol. The summed E-state index contributed by atoms with van der Waals surface area (Å²) in [6, 6.07) is 3.10. The molecule has 0 aromatic heterocycles. The fraction of sp³-hybridized carbons (Fsp3) is 0.600. The lowest BCUT2D eigenvalue weighted by atomic mass is 9.88. The Morgan fingerprint density at radius 2 is 1.63 bits per heavy atom. The molecule has 0 aliphatic heterocycles. The van der Waals surface area contributed by atoms with Gasteiger partial charge in [-0.15, -0.1) is 0 Å². The number of rotatable bonds is 7. The number of benzene rings is 1. The van der Waals surface area contributed by atoms with Crippen molar-refractivity contribution in [2.45, 2.75) is 32.7 Å². The summed E-state index contributed by atoms with van der Waals surface area (Å²) in [6.45, 7) is 4.24. The predicted octanol–water partition coefficient (Wildman–Crippen LogP) is 3.54. The monoisotopic (exact) mass is 269 g/mol. The first kappa shape index (κ1) is 15.8. The quantitative estimate of drug-likeness (QED) is 0.821. The van der Waals surface area contributed by atoms with E-state index in [4.69, 9.17) is 9.47 Å². The first-order valence-corrected chi connectivity index (χ1v) is 6.71. The maximum Gasteiger partial charge on any atom is 0.163 e. The standard InChI is InChI=1S/C15H24FNO2/c1-6-10(7-2)15(17-3)11-8-13(18-4)14(19-5)9-12(11)16/h8-10,15,17H,6-7H2,1-5H3. The maximum absolute atomic E-state index is 14.2. The largest absolute Gasteiger partial charge is 0.493 e. The summed E-state index contributed by atoms with van der Waals surface area (Å²) in [5.74, 6) is 1.11. The van der Waals surface area contributed by atoms with Crippen LogP contribution in [0.1, 0.15) is 38.3 Å². The summed E-state index contributed by atoms with van der Waals surface area (Å²) in [5.41, 5.74) is 0.633. The van der Waals surface area contributed by atoms with Gasteiger partial charge in [0, 0.05) is 17.7 Å². The Kier molecular flexibility index (Phi) is 6.09. The Morgan fingerprint density at radius 1 is 1.11 bits per heavy atom. The van der Waals surface area contributed by atoms with Crippen LogP contribution < -0.4 is 14.8 Å². The van der Waals surface area contributed by atoms with E-state index in [0.717, 1.165) is 12.8 Å². The molecule has 1 unspecified atom stereocenters. The zero-order valence-electron chi connectivity index (χ0n) is 12.4. The highest BCUT2D eigenvalue weighted by atomic mass is 19.1. The van der Waals surface area contributed by atoms with Crippen molar-refractivity contribution >= 4 is 0 Å². The Hall–Kier alpha value is -1.29. The fourth-order valence-electron chi connectivity index (χ4n) is 2.51. The third kappa shape index (κ3) is 3.38. The van der Waals surface area contributed by atoms with Gasteiger partial charge in [-0.3, -0.25) is 0 Å². The van der Waals surface area contributed by atoms with Crippen molar-refractivity contribution < 1.29 is 13.9 Å². The normalized spacial score (nSPS) is 12.6. The molecule has 1 aromatic rings. The van der Waals surface area contributed by atoms with Gasteiger partial charge in [0.2, 0.25) is 0 Å². The molecule has 3 nitrogen and oxygen atoms in total. The van der Waals surface area contributed by atoms with Crippen molar-refractivity contribution in [1.29, 1.82) is 0 Å². The minimum Gasteiger partial charge on any atom is -0.493 e. The van der Waals surface area contributed by atoms with E-state index in [1.165, 1.54) is 13.2 Å². The number of hydrogen-bond acceptors (Lipinski definition) is 3. The molecule has 1 aromatic carbocycles. The van der Waals surface area contributed by atoms with Crippen LogP contribution in [0.4, 0.5) is 4.39 Å². The Balaban J connectivity index is 3.23. The van der Waals surface area contributed by atoms with E-state index in [1.54, 1.807) is 13.2 Å². The van der Waals surface area contributed by atoms with Gasteiger partial charge in [-0.25, -0.2) is 4.39 Å². The van der Waals surface area contributed by atoms with E-state index in [9.17, 15) is 4.39 Å². The van der Waals surface area contributed by atoms with Crippen LogP contribution in [0.25, 0.3) is 0 Å². The van der Waals surface area contributed by atoms with E-state index >= 15 is 0 Å². The highest BCUT2D eigenvalue weighted by Gasteiger charge is 2.23. The molecule has 19 heavy (non-hydrogen) atoms. The van der Waals surface area contributed by atoms with E-state index < -0.39 is 0 Å². The molecule has 0 saturated heterocycles. The lowest BCUT2D eigenvalue weighted by Gasteiger charge is -2.26. The zero-order valence-corrected chi connectivity index (χ0v) is 12.4. The van der Waals surface area contributed by atoms with Gasteiger partial charge in [-0.05, 0) is 19.0 Å². The van der Waals surface area contributed by atoms with Gasteiger partial charge in [-0.2, -0.15) is 0 Å². The van der Waals surface area contributed by atoms with Gasteiger partial charge in [0.25, 0.3) is 0 Å². The summed E-state index contributed by atoms with van der Waals surface area (Å²) >= 11 is 0. The Morgan fingerprint density at radius 3 is 2.05 bits per heavy atom. The number of ether oxygens (including phenoxy) is 2. The van der Waals surface area contributed by atoms with Crippen LogP contribution in [0, 0.1) is 11.7 Å². The number of halogens is 1. The molecule has 0 aliphatic rings. The first-order chi connectivity index (χ1) is 9.12. The second-order valence-electron chi connectivity index (χ2n) is 4.57. The van der Waals surface area contributed by atoms with E-state index in [1.807, 2.05) is 7.05 Å². The Bertz CT molecular complexity index is 405. The van der Waals surface area contributed by atoms with Gasteiger partial charge >= 0.3 is 0 Å². The second kappa shape index (κ2) is 7.34. The SMILES string of the molecule is CCC(CC)C(NC)c1cc(OC)c(OC)cc1F. The van der Waals surface area contributed by atoms with E-state index in [-0.39, 0.29) is 11.9 Å². The first-order valence-electron chi connectivity index (χ1n) is 6.71. The van der Waals surface area contributed by atoms with Gasteiger partial charge in [0.05, 0.1) is 14.2 Å². The second-order valence-corrected chi connectivity index (χ2v) is 4.57. The summed E-state index contributed by atoms with van der Waals surface area (Å²) in [4.78, 5) is 0. The number of nitrogens with one attached hydrogen (secondary N) is 1.